The molecule has 2 heterocycles. The Morgan fingerprint density at radius 3 is 2.62 bits per heavy atom. The molecule has 6 heteroatoms. The van der Waals surface area contributed by atoms with Crippen LogP contribution in [0.1, 0.15) is 0 Å². The van der Waals surface area contributed by atoms with E-state index in [1.165, 1.54) is 6.07 Å². The van der Waals surface area contributed by atoms with Gasteiger partial charge in [-0.25, -0.2) is 14.4 Å². The number of rotatable bonds is 3. The molecule has 0 saturated heterocycles. The number of para-hydroxylation sites is 1. The van der Waals surface area contributed by atoms with Gasteiger partial charge in [-0.1, -0.05) is 18.2 Å². The van der Waals surface area contributed by atoms with Gasteiger partial charge in [0.15, 0.2) is 11.6 Å². The molecule has 0 radical (unpaired) electrons. The van der Waals surface area contributed by atoms with E-state index in [1.54, 1.807) is 47.1 Å². The number of imidazole rings is 1. The number of nitrogens with zero attached hydrogens (tertiary/aromatic N) is 3. The van der Waals surface area contributed by atoms with E-state index < -0.39 is 5.82 Å². The Morgan fingerprint density at radius 1 is 1.00 bits per heavy atom. The van der Waals surface area contributed by atoms with Crippen LogP contribution in [0.2, 0.25) is 0 Å². The molecule has 0 fully saturated rings. The Morgan fingerprint density at radius 2 is 1.83 bits per heavy atom. The lowest BCUT2D eigenvalue weighted by Gasteiger charge is -2.08. The Balaban J connectivity index is 1.73. The second-order valence-electron chi connectivity index (χ2n) is 5.21. The monoisotopic (exact) mass is 320 g/mol. The van der Waals surface area contributed by atoms with E-state index in [9.17, 15) is 4.39 Å². The first-order chi connectivity index (χ1) is 11.7. The van der Waals surface area contributed by atoms with Crippen LogP contribution in [0.5, 0.6) is 11.5 Å². The minimum absolute atomic E-state index is 0.150. The standard InChI is InChI=1S/C18H13FN4O/c19-15-10-12(6-7-16(15)24-14-4-2-1-3-5-14)17-22-11-13-8-9-21-18(20)23(13)17/h1-11H,(H2,20,21). The molecule has 118 valence electrons. The molecule has 2 aromatic carbocycles. The molecule has 24 heavy (non-hydrogen) atoms. The van der Waals surface area contributed by atoms with E-state index in [1.807, 2.05) is 18.2 Å². The number of aromatic nitrogens is 3. The van der Waals surface area contributed by atoms with Crippen LogP contribution in [0.25, 0.3) is 16.9 Å². The Labute approximate surface area is 137 Å². The molecule has 4 aromatic rings. The van der Waals surface area contributed by atoms with E-state index in [0.717, 1.165) is 5.52 Å². The molecular formula is C18H13FN4O. The van der Waals surface area contributed by atoms with Crippen LogP contribution in [0, 0.1) is 5.82 Å². The van der Waals surface area contributed by atoms with Gasteiger partial charge in [0, 0.05) is 11.8 Å². The number of benzene rings is 2. The summed E-state index contributed by atoms with van der Waals surface area (Å²) in [5, 5.41) is 0. The van der Waals surface area contributed by atoms with Crippen molar-refractivity contribution in [3.63, 3.8) is 0 Å². The first-order valence-electron chi connectivity index (χ1n) is 7.33. The van der Waals surface area contributed by atoms with E-state index >= 15 is 0 Å². The summed E-state index contributed by atoms with van der Waals surface area (Å²) in [4.78, 5) is 8.36. The highest BCUT2D eigenvalue weighted by Gasteiger charge is 2.12. The SMILES string of the molecule is Nc1nccc2cnc(-c3ccc(Oc4ccccc4)c(F)c3)n12. The molecule has 0 aliphatic carbocycles. The van der Waals surface area contributed by atoms with Gasteiger partial charge >= 0.3 is 0 Å². The highest BCUT2D eigenvalue weighted by atomic mass is 19.1. The predicted octanol–water partition coefficient (Wildman–Crippen LogP) is 3.91. The van der Waals surface area contributed by atoms with Crippen molar-refractivity contribution in [3.8, 4) is 22.9 Å². The van der Waals surface area contributed by atoms with Crippen molar-refractivity contribution in [2.75, 3.05) is 5.73 Å². The second kappa shape index (κ2) is 5.66. The zero-order chi connectivity index (χ0) is 16.5. The van der Waals surface area contributed by atoms with Crippen molar-refractivity contribution in [3.05, 3.63) is 72.8 Å². The highest BCUT2D eigenvalue weighted by molar-refractivity contribution is 5.65. The minimum Gasteiger partial charge on any atom is -0.454 e. The van der Waals surface area contributed by atoms with Crippen molar-refractivity contribution in [2.24, 2.45) is 0 Å². The maximum Gasteiger partial charge on any atom is 0.206 e. The summed E-state index contributed by atoms with van der Waals surface area (Å²) in [6.45, 7) is 0. The molecule has 0 atom stereocenters. The first kappa shape index (κ1) is 14.2. The van der Waals surface area contributed by atoms with Gasteiger partial charge in [0.2, 0.25) is 5.95 Å². The molecule has 4 rings (SSSR count). The van der Waals surface area contributed by atoms with Crippen LogP contribution in [-0.4, -0.2) is 14.4 Å². The average Bonchev–Trinajstić information content (AvgIpc) is 3.03. The van der Waals surface area contributed by atoms with E-state index in [2.05, 4.69) is 9.97 Å². The number of nitrogen functional groups attached to an aromatic ring is 1. The predicted molar refractivity (Wildman–Crippen MR) is 89.3 cm³/mol. The number of hydrogen-bond donors (Lipinski definition) is 1. The summed E-state index contributed by atoms with van der Waals surface area (Å²) >= 11 is 0. The lowest BCUT2D eigenvalue weighted by Crippen LogP contribution is -2.01. The maximum absolute atomic E-state index is 14.4. The fraction of sp³-hybridized carbons (Fsp3) is 0. The second-order valence-corrected chi connectivity index (χ2v) is 5.21. The summed E-state index contributed by atoms with van der Waals surface area (Å²) in [5.74, 6) is 1.07. The van der Waals surface area contributed by atoms with Crippen LogP contribution in [-0.2, 0) is 0 Å². The zero-order valence-electron chi connectivity index (χ0n) is 12.6. The topological polar surface area (TPSA) is 65.4 Å². The zero-order valence-corrected chi connectivity index (χ0v) is 12.6. The lowest BCUT2D eigenvalue weighted by molar-refractivity contribution is 0.442. The van der Waals surface area contributed by atoms with Gasteiger partial charge in [-0.3, -0.25) is 4.40 Å². The fourth-order valence-corrected chi connectivity index (χ4v) is 2.51. The van der Waals surface area contributed by atoms with Gasteiger partial charge in [0.1, 0.15) is 11.6 Å². The number of halogens is 1. The fourth-order valence-electron chi connectivity index (χ4n) is 2.51. The third kappa shape index (κ3) is 2.44. The summed E-state index contributed by atoms with van der Waals surface area (Å²) < 4.78 is 21.6. The van der Waals surface area contributed by atoms with E-state index in [4.69, 9.17) is 10.5 Å². The van der Waals surface area contributed by atoms with Crippen LogP contribution < -0.4 is 10.5 Å². The first-order valence-corrected chi connectivity index (χ1v) is 7.33. The minimum atomic E-state index is -0.476. The van der Waals surface area contributed by atoms with Crippen LogP contribution >= 0.6 is 0 Å². The van der Waals surface area contributed by atoms with Crippen molar-refractivity contribution >= 4 is 11.5 Å². The molecule has 0 aliphatic heterocycles. The molecule has 2 N–H and O–H groups in total. The van der Waals surface area contributed by atoms with Gasteiger partial charge in [0.05, 0.1) is 11.7 Å². The average molecular weight is 320 g/mol. The number of hydrogen-bond acceptors (Lipinski definition) is 4. The Hall–Kier alpha value is -3.41. The molecule has 0 bridgehead atoms. The molecular weight excluding hydrogens is 307 g/mol. The summed E-state index contributed by atoms with van der Waals surface area (Å²) in [7, 11) is 0. The molecule has 0 saturated carbocycles. The number of fused-ring (bicyclic) bond motifs is 1. The molecule has 2 aromatic heterocycles. The lowest BCUT2D eigenvalue weighted by atomic mass is 10.2. The Bertz CT molecular complexity index is 1010. The van der Waals surface area contributed by atoms with Crippen molar-refractivity contribution in [2.45, 2.75) is 0 Å². The van der Waals surface area contributed by atoms with Crippen LogP contribution in [0.15, 0.2) is 67.0 Å². The third-order valence-corrected chi connectivity index (χ3v) is 3.63. The van der Waals surface area contributed by atoms with Gasteiger partial charge in [-0.2, -0.15) is 0 Å². The van der Waals surface area contributed by atoms with Crippen LogP contribution in [0.4, 0.5) is 10.3 Å². The number of nitrogens with two attached hydrogens (primary N) is 1. The molecule has 0 spiro atoms. The van der Waals surface area contributed by atoms with E-state index in [-0.39, 0.29) is 5.75 Å². The summed E-state index contributed by atoms with van der Waals surface area (Å²) in [5.41, 5.74) is 7.29. The Kier molecular flexibility index (Phi) is 3.35. The van der Waals surface area contributed by atoms with Gasteiger partial charge in [0.25, 0.3) is 0 Å². The van der Waals surface area contributed by atoms with E-state index in [0.29, 0.717) is 23.1 Å². The van der Waals surface area contributed by atoms with Gasteiger partial charge in [-0.15, -0.1) is 0 Å². The van der Waals surface area contributed by atoms with Crippen molar-refractivity contribution < 1.29 is 9.13 Å². The van der Waals surface area contributed by atoms with Crippen molar-refractivity contribution in [1.82, 2.24) is 14.4 Å². The molecule has 0 aliphatic rings. The third-order valence-electron chi connectivity index (χ3n) is 3.63. The number of anilines is 1. The van der Waals surface area contributed by atoms with Gasteiger partial charge < -0.3 is 10.5 Å². The summed E-state index contributed by atoms with van der Waals surface area (Å²) in [6, 6.07) is 15.5. The smallest absolute Gasteiger partial charge is 0.206 e. The summed E-state index contributed by atoms with van der Waals surface area (Å²) in [6.07, 6.45) is 3.27. The molecule has 0 unspecified atom stereocenters. The highest BCUT2D eigenvalue weighted by Crippen LogP contribution is 2.29. The normalized spacial score (nSPS) is 10.9. The number of ether oxygens (including phenoxy) is 1. The van der Waals surface area contributed by atoms with Crippen molar-refractivity contribution in [1.29, 1.82) is 0 Å². The maximum atomic E-state index is 14.4. The quantitative estimate of drug-likeness (QED) is 0.621. The molecule has 5 nitrogen and oxygen atoms in total. The molecule has 0 amide bonds. The largest absolute Gasteiger partial charge is 0.454 e. The van der Waals surface area contributed by atoms with Crippen LogP contribution in [0.3, 0.4) is 0 Å². The van der Waals surface area contributed by atoms with Gasteiger partial charge in [-0.05, 0) is 36.4 Å².